The summed E-state index contributed by atoms with van der Waals surface area (Å²) in [6, 6.07) is 12.2. The van der Waals surface area contributed by atoms with Gasteiger partial charge in [-0.2, -0.15) is 0 Å². The summed E-state index contributed by atoms with van der Waals surface area (Å²) in [5, 5.41) is 30.0. The number of benzene rings is 2. The van der Waals surface area contributed by atoms with Gasteiger partial charge in [0, 0.05) is 0 Å². The summed E-state index contributed by atoms with van der Waals surface area (Å²) in [5.41, 5.74) is 1.09. The highest BCUT2D eigenvalue weighted by Gasteiger charge is 2.30. The number of rotatable bonds is 6. The molecule has 0 spiro atoms. The van der Waals surface area contributed by atoms with Crippen molar-refractivity contribution in [2.75, 3.05) is 6.61 Å². The molecule has 1 atom stereocenters. The van der Waals surface area contributed by atoms with Gasteiger partial charge in [-0.25, -0.2) is 9.07 Å². The first-order chi connectivity index (χ1) is 13.3. The lowest BCUT2D eigenvalue weighted by molar-refractivity contribution is 0.0843. The SMILES string of the molecule is Cc1c(C(=O)NC(C)(CO)c2ccc(O)cc2)nnn1Cc1ccc(F)cc1. The van der Waals surface area contributed by atoms with E-state index in [0.29, 0.717) is 17.8 Å². The van der Waals surface area contributed by atoms with Gasteiger partial charge in [-0.1, -0.05) is 29.5 Å². The predicted octanol–water partition coefficient (Wildman–Crippen LogP) is 2.12. The molecule has 7 nitrogen and oxygen atoms in total. The van der Waals surface area contributed by atoms with Gasteiger partial charge in [0.25, 0.3) is 5.91 Å². The highest BCUT2D eigenvalue weighted by Crippen LogP contribution is 2.23. The smallest absolute Gasteiger partial charge is 0.274 e. The number of hydrogen-bond acceptors (Lipinski definition) is 5. The summed E-state index contributed by atoms with van der Waals surface area (Å²) in [6.07, 6.45) is 0. The Morgan fingerprint density at radius 1 is 1.18 bits per heavy atom. The van der Waals surface area contributed by atoms with E-state index < -0.39 is 11.4 Å². The molecule has 1 amide bonds. The number of halogens is 1. The summed E-state index contributed by atoms with van der Waals surface area (Å²) >= 11 is 0. The monoisotopic (exact) mass is 384 g/mol. The van der Waals surface area contributed by atoms with Crippen molar-refractivity contribution in [1.29, 1.82) is 0 Å². The van der Waals surface area contributed by atoms with Crippen LogP contribution in [0, 0.1) is 12.7 Å². The number of nitrogens with zero attached hydrogens (tertiary/aromatic N) is 3. The third-order valence-electron chi connectivity index (χ3n) is 4.65. The Morgan fingerprint density at radius 3 is 2.43 bits per heavy atom. The molecule has 1 aromatic heterocycles. The van der Waals surface area contributed by atoms with Gasteiger partial charge < -0.3 is 15.5 Å². The van der Waals surface area contributed by atoms with Gasteiger partial charge in [0.2, 0.25) is 0 Å². The molecule has 0 saturated carbocycles. The fourth-order valence-corrected chi connectivity index (χ4v) is 2.83. The lowest BCUT2D eigenvalue weighted by Gasteiger charge is -2.29. The van der Waals surface area contributed by atoms with Crippen LogP contribution in [-0.2, 0) is 12.1 Å². The first kappa shape index (κ1) is 19.5. The van der Waals surface area contributed by atoms with Gasteiger partial charge in [-0.15, -0.1) is 5.10 Å². The van der Waals surface area contributed by atoms with Crippen molar-refractivity contribution in [2.45, 2.75) is 25.9 Å². The molecule has 0 aliphatic carbocycles. The molecule has 3 N–H and O–H groups in total. The van der Waals surface area contributed by atoms with Crippen LogP contribution >= 0.6 is 0 Å². The summed E-state index contributed by atoms with van der Waals surface area (Å²) in [4.78, 5) is 12.8. The molecule has 0 bridgehead atoms. The summed E-state index contributed by atoms with van der Waals surface area (Å²) < 4.78 is 14.6. The van der Waals surface area contributed by atoms with Gasteiger partial charge >= 0.3 is 0 Å². The highest BCUT2D eigenvalue weighted by molar-refractivity contribution is 5.93. The van der Waals surface area contributed by atoms with Crippen molar-refractivity contribution in [1.82, 2.24) is 20.3 Å². The van der Waals surface area contributed by atoms with E-state index in [9.17, 15) is 19.4 Å². The van der Waals surface area contributed by atoms with Gasteiger partial charge in [0.15, 0.2) is 5.69 Å². The quantitative estimate of drug-likeness (QED) is 0.604. The molecule has 8 heteroatoms. The maximum atomic E-state index is 13.0. The number of carbonyl (C=O) groups is 1. The van der Waals surface area contributed by atoms with Crippen molar-refractivity contribution in [3.05, 3.63) is 76.9 Å². The number of hydrogen-bond donors (Lipinski definition) is 3. The lowest BCUT2D eigenvalue weighted by Crippen LogP contribution is -2.46. The number of aliphatic hydroxyl groups is 1. The van der Waals surface area contributed by atoms with E-state index in [2.05, 4.69) is 15.6 Å². The highest BCUT2D eigenvalue weighted by atomic mass is 19.1. The molecule has 3 rings (SSSR count). The fraction of sp³-hybridized carbons (Fsp3) is 0.250. The normalized spacial score (nSPS) is 13.1. The maximum absolute atomic E-state index is 13.0. The van der Waals surface area contributed by atoms with E-state index in [1.165, 1.54) is 24.3 Å². The number of aromatic hydroxyl groups is 1. The van der Waals surface area contributed by atoms with Crippen LogP contribution in [0.1, 0.15) is 34.2 Å². The second-order valence-electron chi connectivity index (χ2n) is 6.80. The summed E-state index contributed by atoms with van der Waals surface area (Å²) in [5.74, 6) is -0.709. The van der Waals surface area contributed by atoms with Gasteiger partial charge in [0.1, 0.15) is 11.6 Å². The Balaban J connectivity index is 1.79. The predicted molar refractivity (Wildman–Crippen MR) is 100 cm³/mol. The number of phenolic OH excluding ortho intramolecular Hbond substituents is 1. The van der Waals surface area contributed by atoms with Gasteiger partial charge in [-0.3, -0.25) is 4.79 Å². The summed E-state index contributed by atoms with van der Waals surface area (Å²) in [7, 11) is 0. The Kier molecular flexibility index (Phi) is 5.41. The zero-order chi connectivity index (χ0) is 20.3. The van der Waals surface area contributed by atoms with E-state index >= 15 is 0 Å². The molecule has 0 radical (unpaired) electrons. The van der Waals surface area contributed by atoms with Crippen LogP contribution in [0.2, 0.25) is 0 Å². The first-order valence-corrected chi connectivity index (χ1v) is 8.70. The topological polar surface area (TPSA) is 100 Å². The molecule has 3 aromatic rings. The van der Waals surface area contributed by atoms with Crippen molar-refractivity contribution >= 4 is 5.91 Å². The second-order valence-corrected chi connectivity index (χ2v) is 6.80. The minimum absolute atomic E-state index is 0.0925. The number of aromatic nitrogens is 3. The van der Waals surface area contributed by atoms with Gasteiger partial charge in [0.05, 0.1) is 24.4 Å². The van der Waals surface area contributed by atoms with Crippen LogP contribution in [-0.4, -0.2) is 37.7 Å². The zero-order valence-corrected chi connectivity index (χ0v) is 15.6. The molecule has 1 unspecified atom stereocenters. The van der Waals surface area contributed by atoms with Crippen molar-refractivity contribution in [3.63, 3.8) is 0 Å². The van der Waals surface area contributed by atoms with Crippen LogP contribution < -0.4 is 5.32 Å². The van der Waals surface area contributed by atoms with E-state index in [-0.39, 0.29) is 23.9 Å². The maximum Gasteiger partial charge on any atom is 0.274 e. The molecule has 0 aliphatic rings. The fourth-order valence-electron chi connectivity index (χ4n) is 2.83. The number of carbonyl (C=O) groups excluding carboxylic acids is 1. The number of nitrogens with one attached hydrogen (secondary N) is 1. The third kappa shape index (κ3) is 4.01. The third-order valence-corrected chi connectivity index (χ3v) is 4.65. The Labute approximate surface area is 161 Å². The standard InChI is InChI=1S/C20H21FN4O3/c1-13-18(23-24-25(13)11-14-3-7-16(21)8-4-14)19(28)22-20(2,12-26)15-5-9-17(27)10-6-15/h3-10,26-27H,11-12H2,1-2H3,(H,22,28). The number of phenols is 1. The lowest BCUT2D eigenvalue weighted by atomic mass is 9.92. The van der Waals surface area contributed by atoms with Crippen molar-refractivity contribution < 1.29 is 19.4 Å². The van der Waals surface area contributed by atoms with Crippen LogP contribution in [0.4, 0.5) is 4.39 Å². The van der Waals surface area contributed by atoms with Gasteiger partial charge in [-0.05, 0) is 49.2 Å². The summed E-state index contributed by atoms with van der Waals surface area (Å²) in [6.45, 7) is 3.40. The number of aliphatic hydroxyl groups excluding tert-OH is 1. The first-order valence-electron chi connectivity index (χ1n) is 8.70. The Hall–Kier alpha value is -3.26. The molecular weight excluding hydrogens is 363 g/mol. The average Bonchev–Trinajstić information content (AvgIpc) is 3.04. The Bertz CT molecular complexity index is 970. The minimum Gasteiger partial charge on any atom is -0.508 e. The Morgan fingerprint density at radius 2 is 1.82 bits per heavy atom. The minimum atomic E-state index is -1.06. The van der Waals surface area contributed by atoms with E-state index in [1.807, 2.05) is 0 Å². The molecular formula is C20H21FN4O3. The molecule has 1 heterocycles. The van der Waals surface area contributed by atoms with E-state index in [1.54, 1.807) is 42.8 Å². The largest absolute Gasteiger partial charge is 0.508 e. The molecule has 146 valence electrons. The second kappa shape index (κ2) is 7.77. The van der Waals surface area contributed by atoms with Crippen LogP contribution in [0.15, 0.2) is 48.5 Å². The van der Waals surface area contributed by atoms with Crippen LogP contribution in [0.5, 0.6) is 5.75 Å². The molecule has 0 saturated heterocycles. The molecule has 28 heavy (non-hydrogen) atoms. The van der Waals surface area contributed by atoms with E-state index in [4.69, 9.17) is 0 Å². The molecule has 0 aliphatic heterocycles. The molecule has 2 aromatic carbocycles. The van der Waals surface area contributed by atoms with Crippen molar-refractivity contribution in [3.8, 4) is 5.75 Å². The number of amides is 1. The van der Waals surface area contributed by atoms with Crippen molar-refractivity contribution in [2.24, 2.45) is 0 Å². The van der Waals surface area contributed by atoms with Crippen LogP contribution in [0.3, 0.4) is 0 Å². The van der Waals surface area contributed by atoms with E-state index in [0.717, 1.165) is 5.56 Å². The van der Waals surface area contributed by atoms with Crippen LogP contribution in [0.25, 0.3) is 0 Å². The molecule has 0 fully saturated rings. The average molecular weight is 384 g/mol. The zero-order valence-electron chi connectivity index (χ0n) is 15.6.